The number of hydrogen-bond acceptors (Lipinski definition) is 5. The van der Waals surface area contributed by atoms with Crippen molar-refractivity contribution in [2.45, 2.75) is 26.3 Å². The summed E-state index contributed by atoms with van der Waals surface area (Å²) in [5, 5.41) is 6.70. The van der Waals surface area contributed by atoms with Crippen molar-refractivity contribution < 1.29 is 14.2 Å². The van der Waals surface area contributed by atoms with Crippen LogP contribution in [0.3, 0.4) is 0 Å². The molecule has 0 bridgehead atoms. The van der Waals surface area contributed by atoms with E-state index in [0.29, 0.717) is 0 Å². The van der Waals surface area contributed by atoms with Gasteiger partial charge in [0.1, 0.15) is 0 Å². The van der Waals surface area contributed by atoms with Crippen LogP contribution in [-0.4, -0.2) is 71.5 Å². The second-order valence-electron chi connectivity index (χ2n) is 6.48. The van der Waals surface area contributed by atoms with Crippen LogP contribution in [0.5, 0.6) is 11.5 Å². The maximum atomic E-state index is 5.44. The van der Waals surface area contributed by atoms with Gasteiger partial charge in [-0.1, -0.05) is 0 Å². The van der Waals surface area contributed by atoms with Crippen molar-refractivity contribution in [2.24, 2.45) is 4.99 Å². The fourth-order valence-corrected chi connectivity index (χ4v) is 3.21. The molecule has 0 aliphatic carbocycles. The van der Waals surface area contributed by atoms with Crippen LogP contribution >= 0.6 is 24.0 Å². The number of nitrogens with zero attached hydrogens (tertiary/aromatic N) is 2. The van der Waals surface area contributed by atoms with Crippen LogP contribution in [0, 0.1) is 0 Å². The Labute approximate surface area is 186 Å². The molecule has 7 nitrogen and oxygen atoms in total. The number of aliphatic imine (C=N–C) groups is 1. The van der Waals surface area contributed by atoms with Gasteiger partial charge in [-0.15, -0.1) is 24.0 Å². The molecule has 0 fully saturated rings. The zero-order valence-electron chi connectivity index (χ0n) is 17.5. The van der Waals surface area contributed by atoms with Crippen molar-refractivity contribution in [2.75, 3.05) is 60.7 Å². The number of hydrogen-bond donors (Lipinski definition) is 2. The molecule has 2 N–H and O–H groups in total. The highest BCUT2D eigenvalue weighted by Gasteiger charge is 2.19. The van der Waals surface area contributed by atoms with Gasteiger partial charge in [0.15, 0.2) is 17.5 Å². The highest BCUT2D eigenvalue weighted by atomic mass is 127. The molecule has 0 unspecified atom stereocenters. The van der Waals surface area contributed by atoms with Crippen molar-refractivity contribution in [1.82, 2.24) is 15.5 Å². The van der Waals surface area contributed by atoms with E-state index in [1.807, 2.05) is 6.92 Å². The number of nitrogens with one attached hydrogen (secondary N) is 2. The van der Waals surface area contributed by atoms with Gasteiger partial charge in [-0.2, -0.15) is 0 Å². The zero-order valence-corrected chi connectivity index (χ0v) is 19.9. The lowest BCUT2D eigenvalue weighted by atomic mass is 9.99. The maximum Gasteiger partial charge on any atom is 0.191 e. The molecule has 28 heavy (non-hydrogen) atoms. The number of fused-ring (bicyclic) bond motifs is 1. The number of ether oxygens (including phenoxy) is 3. The van der Waals surface area contributed by atoms with Gasteiger partial charge >= 0.3 is 0 Å². The summed E-state index contributed by atoms with van der Waals surface area (Å²) in [6.07, 6.45) is 2.00. The Morgan fingerprint density at radius 3 is 2.43 bits per heavy atom. The van der Waals surface area contributed by atoms with Gasteiger partial charge in [0, 0.05) is 53.0 Å². The first kappa shape index (κ1) is 24.8. The normalized spacial score (nSPS) is 14.1. The predicted octanol–water partition coefficient (Wildman–Crippen LogP) is 2.27. The molecule has 0 aromatic heterocycles. The third-order valence-corrected chi connectivity index (χ3v) is 4.70. The van der Waals surface area contributed by atoms with Gasteiger partial charge in [-0.05, 0) is 43.0 Å². The van der Waals surface area contributed by atoms with E-state index in [9.17, 15) is 0 Å². The highest BCUT2D eigenvalue weighted by molar-refractivity contribution is 14.0. The van der Waals surface area contributed by atoms with Crippen molar-refractivity contribution in [1.29, 1.82) is 0 Å². The topological polar surface area (TPSA) is 67.4 Å². The van der Waals surface area contributed by atoms with Crippen molar-refractivity contribution in [3.05, 3.63) is 23.3 Å². The van der Waals surface area contributed by atoms with Crippen molar-refractivity contribution in [3.8, 4) is 11.5 Å². The summed E-state index contributed by atoms with van der Waals surface area (Å²) in [5.41, 5.74) is 2.67. The molecule has 1 aliphatic heterocycles. The number of halogens is 1. The molecule has 1 heterocycles. The van der Waals surface area contributed by atoms with E-state index in [4.69, 9.17) is 14.2 Å². The molecule has 1 aromatic rings. The van der Waals surface area contributed by atoms with E-state index in [1.54, 1.807) is 21.3 Å². The Morgan fingerprint density at radius 1 is 1.11 bits per heavy atom. The lowest BCUT2D eigenvalue weighted by molar-refractivity contribution is 0.145. The average molecular weight is 506 g/mol. The summed E-state index contributed by atoms with van der Waals surface area (Å²) in [5.74, 6) is 2.45. The lowest BCUT2D eigenvalue weighted by Crippen LogP contribution is -2.43. The molecule has 160 valence electrons. The van der Waals surface area contributed by atoms with Crippen LogP contribution in [0.15, 0.2) is 17.1 Å². The number of guanidine groups is 1. The SMILES string of the molecule is CCOCCCNC(=NC)NCCN1CCc2cc(OC)c(OC)cc2C1.I. The fourth-order valence-electron chi connectivity index (χ4n) is 3.21. The Morgan fingerprint density at radius 2 is 1.79 bits per heavy atom. The summed E-state index contributed by atoms with van der Waals surface area (Å²) in [6, 6.07) is 4.21. The Hall–Kier alpha value is -1.26. The largest absolute Gasteiger partial charge is 0.493 e. The van der Waals surface area contributed by atoms with Gasteiger partial charge in [0.05, 0.1) is 14.2 Å². The first-order valence-corrected chi connectivity index (χ1v) is 9.70. The van der Waals surface area contributed by atoms with Gasteiger partial charge < -0.3 is 24.8 Å². The summed E-state index contributed by atoms with van der Waals surface area (Å²) in [4.78, 5) is 6.72. The molecule has 8 heteroatoms. The van der Waals surface area contributed by atoms with E-state index in [2.05, 4.69) is 32.7 Å². The van der Waals surface area contributed by atoms with Gasteiger partial charge in [0.2, 0.25) is 0 Å². The molecule has 2 rings (SSSR count). The zero-order chi connectivity index (χ0) is 19.5. The minimum Gasteiger partial charge on any atom is -0.493 e. The first-order chi connectivity index (χ1) is 13.2. The average Bonchev–Trinajstić information content (AvgIpc) is 2.71. The molecule has 1 aliphatic rings. The number of benzene rings is 1. The second-order valence-corrected chi connectivity index (χ2v) is 6.48. The summed E-state index contributed by atoms with van der Waals surface area (Å²) in [6.45, 7) is 8.22. The molecule has 0 saturated heterocycles. The van der Waals surface area contributed by atoms with Crippen molar-refractivity contribution in [3.63, 3.8) is 0 Å². The minimum atomic E-state index is 0. The lowest BCUT2D eigenvalue weighted by Gasteiger charge is -2.29. The molecule has 1 aromatic carbocycles. The van der Waals surface area contributed by atoms with Crippen molar-refractivity contribution >= 4 is 29.9 Å². The predicted molar refractivity (Wildman–Crippen MR) is 124 cm³/mol. The first-order valence-electron chi connectivity index (χ1n) is 9.70. The van der Waals surface area contributed by atoms with E-state index >= 15 is 0 Å². The van der Waals surface area contributed by atoms with E-state index in [-0.39, 0.29) is 24.0 Å². The third-order valence-electron chi connectivity index (χ3n) is 4.70. The van der Waals surface area contributed by atoms with Crippen LogP contribution in [0.1, 0.15) is 24.5 Å². The number of rotatable bonds is 10. The standard InChI is InChI=1S/C20H34N4O3.HI/c1-5-27-12-6-8-22-20(21-2)23-9-11-24-10-7-16-13-18(25-3)19(26-4)14-17(16)15-24;/h13-14H,5-12,15H2,1-4H3,(H2,21,22,23);1H. The smallest absolute Gasteiger partial charge is 0.191 e. The van der Waals surface area contributed by atoms with Crippen LogP contribution in [-0.2, 0) is 17.7 Å². The molecular formula is C20H35IN4O3. The minimum absolute atomic E-state index is 0. The number of methoxy groups -OCH3 is 2. The van der Waals surface area contributed by atoms with E-state index in [0.717, 1.165) is 76.2 Å². The van der Waals surface area contributed by atoms with Crippen LogP contribution in [0.4, 0.5) is 0 Å². The fraction of sp³-hybridized carbons (Fsp3) is 0.650. The molecular weight excluding hydrogens is 471 g/mol. The molecule has 0 atom stereocenters. The van der Waals surface area contributed by atoms with Crippen LogP contribution in [0.25, 0.3) is 0 Å². The quantitative estimate of drug-likeness (QED) is 0.220. The second kappa shape index (κ2) is 13.8. The van der Waals surface area contributed by atoms with Gasteiger partial charge in [-0.25, -0.2) is 0 Å². The monoisotopic (exact) mass is 506 g/mol. The molecule has 0 amide bonds. The van der Waals surface area contributed by atoms with Crippen LogP contribution < -0.4 is 20.1 Å². The summed E-state index contributed by atoms with van der Waals surface area (Å²) >= 11 is 0. The van der Waals surface area contributed by atoms with Crippen LogP contribution in [0.2, 0.25) is 0 Å². The Bertz CT molecular complexity index is 613. The Kier molecular flexibility index (Phi) is 12.2. The molecule has 0 radical (unpaired) electrons. The van der Waals surface area contributed by atoms with E-state index < -0.39 is 0 Å². The Balaban J connectivity index is 0.00000392. The third kappa shape index (κ3) is 7.63. The summed E-state index contributed by atoms with van der Waals surface area (Å²) in [7, 11) is 5.17. The van der Waals surface area contributed by atoms with Gasteiger partial charge in [0.25, 0.3) is 0 Å². The molecule has 0 spiro atoms. The summed E-state index contributed by atoms with van der Waals surface area (Å²) < 4.78 is 16.2. The maximum absolute atomic E-state index is 5.44. The van der Waals surface area contributed by atoms with E-state index in [1.165, 1.54) is 11.1 Å². The highest BCUT2D eigenvalue weighted by Crippen LogP contribution is 2.33. The molecule has 0 saturated carbocycles. The van der Waals surface area contributed by atoms with Gasteiger partial charge in [-0.3, -0.25) is 9.89 Å².